The molecular weight excluding hydrogens is 278 g/mol. The standard InChI is InChI=1S/C9H15N3O4S2/c1-6(2)12(3)18(15,16)10-4-8-11-7(5-17-8)9(13)14/h5-6,10H,4H2,1-3H3,(H,13,14). The Kier molecular flexibility index (Phi) is 4.79. The highest BCUT2D eigenvalue weighted by molar-refractivity contribution is 7.87. The fourth-order valence-corrected chi connectivity index (χ4v) is 2.90. The molecule has 0 fully saturated rings. The predicted molar refractivity (Wildman–Crippen MR) is 67.7 cm³/mol. The van der Waals surface area contributed by atoms with Crippen molar-refractivity contribution < 1.29 is 18.3 Å². The number of aromatic nitrogens is 1. The van der Waals surface area contributed by atoms with E-state index >= 15 is 0 Å². The zero-order valence-corrected chi connectivity index (χ0v) is 11.9. The minimum absolute atomic E-state index is 0.0165. The number of rotatable bonds is 6. The van der Waals surface area contributed by atoms with Crippen LogP contribution in [-0.4, -0.2) is 41.9 Å². The number of nitrogens with zero attached hydrogens (tertiary/aromatic N) is 2. The molecule has 0 saturated heterocycles. The molecule has 0 aromatic carbocycles. The summed E-state index contributed by atoms with van der Waals surface area (Å²) >= 11 is 1.10. The van der Waals surface area contributed by atoms with Crippen LogP contribution in [0.3, 0.4) is 0 Å². The van der Waals surface area contributed by atoms with Crippen LogP contribution >= 0.6 is 11.3 Å². The van der Waals surface area contributed by atoms with E-state index < -0.39 is 16.2 Å². The molecule has 1 rings (SSSR count). The Balaban J connectivity index is 2.67. The number of nitrogens with one attached hydrogen (secondary N) is 1. The molecule has 0 bridgehead atoms. The first-order chi connectivity index (χ1) is 8.24. The maximum atomic E-state index is 11.8. The van der Waals surface area contributed by atoms with Crippen LogP contribution in [0.15, 0.2) is 5.38 Å². The highest BCUT2D eigenvalue weighted by atomic mass is 32.2. The van der Waals surface area contributed by atoms with Gasteiger partial charge in [-0.2, -0.15) is 17.4 Å². The van der Waals surface area contributed by atoms with Crippen LogP contribution in [0.25, 0.3) is 0 Å². The fraction of sp³-hybridized carbons (Fsp3) is 0.556. The summed E-state index contributed by atoms with van der Waals surface area (Å²) in [6, 6.07) is -0.159. The van der Waals surface area contributed by atoms with Gasteiger partial charge >= 0.3 is 5.97 Å². The molecule has 0 radical (unpaired) electrons. The van der Waals surface area contributed by atoms with Crippen LogP contribution in [0.2, 0.25) is 0 Å². The Hall–Kier alpha value is -1.03. The van der Waals surface area contributed by atoms with Gasteiger partial charge in [0.15, 0.2) is 5.69 Å². The first-order valence-corrected chi connectivity index (χ1v) is 7.46. The molecule has 0 aliphatic rings. The Labute approximate surface area is 110 Å². The molecular formula is C9H15N3O4S2. The van der Waals surface area contributed by atoms with Gasteiger partial charge in [-0.1, -0.05) is 0 Å². The van der Waals surface area contributed by atoms with Crippen molar-refractivity contribution in [1.29, 1.82) is 0 Å². The number of aromatic carboxylic acids is 1. The average Bonchev–Trinajstić information content (AvgIpc) is 2.74. The summed E-state index contributed by atoms with van der Waals surface area (Å²) < 4.78 is 27.1. The summed E-state index contributed by atoms with van der Waals surface area (Å²) in [5.74, 6) is -1.13. The fourth-order valence-electron chi connectivity index (χ4n) is 1.02. The second kappa shape index (κ2) is 5.74. The molecule has 1 aromatic heterocycles. The first kappa shape index (κ1) is 15.0. The molecule has 0 aliphatic heterocycles. The van der Waals surface area contributed by atoms with Gasteiger partial charge in [0.2, 0.25) is 0 Å². The lowest BCUT2D eigenvalue weighted by Gasteiger charge is -2.20. The van der Waals surface area contributed by atoms with E-state index in [-0.39, 0.29) is 18.3 Å². The summed E-state index contributed by atoms with van der Waals surface area (Å²) in [6.45, 7) is 3.49. The van der Waals surface area contributed by atoms with E-state index in [4.69, 9.17) is 5.11 Å². The zero-order valence-electron chi connectivity index (χ0n) is 10.2. The highest BCUT2D eigenvalue weighted by Gasteiger charge is 2.20. The molecule has 0 saturated carbocycles. The third kappa shape index (κ3) is 3.73. The molecule has 102 valence electrons. The van der Waals surface area contributed by atoms with Crippen LogP contribution in [-0.2, 0) is 16.8 Å². The normalized spacial score (nSPS) is 12.3. The van der Waals surface area contributed by atoms with E-state index in [0.29, 0.717) is 5.01 Å². The molecule has 0 amide bonds. The van der Waals surface area contributed by atoms with E-state index in [9.17, 15) is 13.2 Å². The van der Waals surface area contributed by atoms with Crippen LogP contribution in [0, 0.1) is 0 Å². The smallest absolute Gasteiger partial charge is 0.355 e. The summed E-state index contributed by atoms with van der Waals surface area (Å²) in [4.78, 5) is 14.4. The van der Waals surface area contributed by atoms with E-state index in [0.717, 1.165) is 11.3 Å². The predicted octanol–water partition coefficient (Wildman–Crippen LogP) is 0.516. The quantitative estimate of drug-likeness (QED) is 0.796. The third-order valence-corrected chi connectivity index (χ3v) is 4.82. The Bertz CT molecular complexity index is 524. The minimum atomic E-state index is -3.57. The molecule has 18 heavy (non-hydrogen) atoms. The van der Waals surface area contributed by atoms with Crippen molar-refractivity contribution in [3.05, 3.63) is 16.1 Å². The summed E-state index contributed by atoms with van der Waals surface area (Å²) in [7, 11) is -2.10. The maximum Gasteiger partial charge on any atom is 0.355 e. The Morgan fingerprint density at radius 3 is 2.67 bits per heavy atom. The number of carboxylic acid groups (broad SMARTS) is 1. The van der Waals surface area contributed by atoms with Crippen molar-refractivity contribution >= 4 is 27.5 Å². The molecule has 0 atom stereocenters. The van der Waals surface area contributed by atoms with Gasteiger partial charge < -0.3 is 5.11 Å². The molecule has 1 heterocycles. The molecule has 0 unspecified atom stereocenters. The summed E-state index contributed by atoms with van der Waals surface area (Å²) in [5.41, 5.74) is -0.0774. The van der Waals surface area contributed by atoms with E-state index in [1.54, 1.807) is 13.8 Å². The van der Waals surface area contributed by atoms with Gasteiger partial charge in [0.05, 0.1) is 6.54 Å². The highest BCUT2D eigenvalue weighted by Crippen LogP contribution is 2.10. The van der Waals surface area contributed by atoms with Gasteiger partial charge in [-0.15, -0.1) is 11.3 Å². The van der Waals surface area contributed by atoms with Crippen molar-refractivity contribution in [3.8, 4) is 0 Å². The zero-order chi connectivity index (χ0) is 13.9. The van der Waals surface area contributed by atoms with Crippen molar-refractivity contribution in [3.63, 3.8) is 0 Å². The van der Waals surface area contributed by atoms with Crippen LogP contribution in [0.4, 0.5) is 0 Å². The molecule has 9 heteroatoms. The second-order valence-corrected chi connectivity index (χ2v) is 6.63. The van der Waals surface area contributed by atoms with Gasteiger partial charge in [0.1, 0.15) is 5.01 Å². The van der Waals surface area contributed by atoms with Gasteiger partial charge in [-0.3, -0.25) is 0 Å². The lowest BCUT2D eigenvalue weighted by Crippen LogP contribution is -2.41. The summed E-state index contributed by atoms with van der Waals surface area (Å²) in [5, 5.41) is 10.5. The molecule has 1 aromatic rings. The van der Waals surface area contributed by atoms with Crippen molar-refractivity contribution in [1.82, 2.24) is 14.0 Å². The van der Waals surface area contributed by atoms with Crippen LogP contribution in [0.1, 0.15) is 29.3 Å². The SMILES string of the molecule is CC(C)N(C)S(=O)(=O)NCc1nc(C(=O)O)cs1. The number of hydrogen-bond acceptors (Lipinski definition) is 5. The van der Waals surface area contributed by atoms with E-state index in [2.05, 4.69) is 9.71 Å². The molecule has 0 aliphatic carbocycles. The molecule has 0 spiro atoms. The van der Waals surface area contributed by atoms with Crippen molar-refractivity contribution in [2.24, 2.45) is 0 Å². The number of carboxylic acids is 1. The number of hydrogen-bond donors (Lipinski definition) is 2. The van der Waals surface area contributed by atoms with E-state index in [1.807, 2.05) is 0 Å². The second-order valence-electron chi connectivity index (χ2n) is 3.87. The molecule has 2 N–H and O–H groups in total. The topological polar surface area (TPSA) is 99.6 Å². The van der Waals surface area contributed by atoms with Gasteiger partial charge in [0, 0.05) is 18.5 Å². The Morgan fingerprint density at radius 2 is 2.22 bits per heavy atom. The third-order valence-electron chi connectivity index (χ3n) is 2.28. The minimum Gasteiger partial charge on any atom is -0.476 e. The van der Waals surface area contributed by atoms with Gasteiger partial charge in [-0.25, -0.2) is 9.78 Å². The van der Waals surface area contributed by atoms with Crippen molar-refractivity contribution in [2.45, 2.75) is 26.4 Å². The monoisotopic (exact) mass is 293 g/mol. The Morgan fingerprint density at radius 1 is 1.61 bits per heavy atom. The average molecular weight is 293 g/mol. The lowest BCUT2D eigenvalue weighted by atomic mass is 10.4. The lowest BCUT2D eigenvalue weighted by molar-refractivity contribution is 0.0691. The van der Waals surface area contributed by atoms with Gasteiger partial charge in [0.25, 0.3) is 10.2 Å². The van der Waals surface area contributed by atoms with Gasteiger partial charge in [-0.05, 0) is 13.8 Å². The summed E-state index contributed by atoms with van der Waals surface area (Å²) in [6.07, 6.45) is 0. The maximum absolute atomic E-state index is 11.8. The first-order valence-electron chi connectivity index (χ1n) is 5.14. The van der Waals surface area contributed by atoms with Crippen LogP contribution < -0.4 is 4.72 Å². The van der Waals surface area contributed by atoms with Crippen LogP contribution in [0.5, 0.6) is 0 Å². The van der Waals surface area contributed by atoms with Crippen molar-refractivity contribution in [2.75, 3.05) is 7.05 Å². The number of thiazole rings is 1. The largest absolute Gasteiger partial charge is 0.476 e. The molecule has 7 nitrogen and oxygen atoms in total. The van der Waals surface area contributed by atoms with E-state index in [1.165, 1.54) is 16.7 Å². The number of carbonyl (C=O) groups is 1.